The van der Waals surface area contributed by atoms with Crippen LogP contribution in [-0.4, -0.2) is 21.1 Å². The Bertz CT molecular complexity index is 513. The van der Waals surface area contributed by atoms with E-state index in [1.807, 2.05) is 12.1 Å². The van der Waals surface area contributed by atoms with Crippen molar-refractivity contribution in [1.29, 1.82) is 0 Å². The maximum absolute atomic E-state index is 11.7. The van der Waals surface area contributed by atoms with Crippen molar-refractivity contribution < 1.29 is 4.79 Å². The summed E-state index contributed by atoms with van der Waals surface area (Å²) in [5, 5.41) is 10.2. The molecular weight excluding hydrogens is 232 g/mol. The van der Waals surface area contributed by atoms with E-state index < -0.39 is 0 Å². The van der Waals surface area contributed by atoms with Crippen LogP contribution in [0.3, 0.4) is 0 Å². The fourth-order valence-electron chi connectivity index (χ4n) is 1.31. The second-order valence-corrected chi connectivity index (χ2v) is 3.49. The minimum absolute atomic E-state index is 0.234. The lowest BCUT2D eigenvalue weighted by Crippen LogP contribution is -2.24. The molecule has 0 saturated carbocycles. The number of nitrogen functional groups attached to an aromatic ring is 1. The van der Waals surface area contributed by atoms with Gasteiger partial charge >= 0.3 is 0 Å². The first-order valence-corrected chi connectivity index (χ1v) is 5.27. The lowest BCUT2D eigenvalue weighted by molar-refractivity contribution is 0.0945. The number of rotatable bonds is 4. The van der Waals surface area contributed by atoms with Crippen LogP contribution in [0.5, 0.6) is 0 Å². The first-order chi connectivity index (χ1) is 8.79. The van der Waals surface area contributed by atoms with Crippen LogP contribution in [0.25, 0.3) is 0 Å². The minimum atomic E-state index is -0.296. The molecule has 7 nitrogen and oxygen atoms in total. The molecule has 0 aliphatic rings. The van der Waals surface area contributed by atoms with Crippen LogP contribution in [-0.2, 0) is 6.54 Å². The molecule has 18 heavy (non-hydrogen) atoms. The van der Waals surface area contributed by atoms with E-state index >= 15 is 0 Å². The Morgan fingerprint density at radius 1 is 1.28 bits per heavy atom. The predicted molar refractivity (Wildman–Crippen MR) is 65.2 cm³/mol. The van der Waals surface area contributed by atoms with Crippen molar-refractivity contribution in [3.8, 4) is 0 Å². The highest BCUT2D eigenvalue weighted by molar-refractivity contribution is 5.92. The largest absolute Gasteiger partial charge is 0.347 e. The van der Waals surface area contributed by atoms with E-state index in [0.717, 1.165) is 5.56 Å². The molecule has 0 radical (unpaired) electrons. The van der Waals surface area contributed by atoms with Crippen LogP contribution in [0.1, 0.15) is 16.1 Å². The third-order valence-electron chi connectivity index (χ3n) is 2.22. The molecule has 0 fully saturated rings. The number of pyridine rings is 1. The van der Waals surface area contributed by atoms with E-state index in [0.29, 0.717) is 12.4 Å². The van der Waals surface area contributed by atoms with Crippen molar-refractivity contribution in [2.24, 2.45) is 5.84 Å². The molecule has 2 aromatic rings. The van der Waals surface area contributed by atoms with Gasteiger partial charge in [0.15, 0.2) is 11.5 Å². The summed E-state index contributed by atoms with van der Waals surface area (Å²) in [5.41, 5.74) is 3.49. The van der Waals surface area contributed by atoms with E-state index in [-0.39, 0.29) is 11.6 Å². The zero-order chi connectivity index (χ0) is 12.8. The maximum Gasteiger partial charge on any atom is 0.272 e. The molecule has 7 heteroatoms. The molecule has 2 rings (SSSR count). The molecule has 0 atom stereocenters. The highest BCUT2D eigenvalue weighted by Gasteiger charge is 2.07. The normalized spacial score (nSPS) is 9.83. The Kier molecular flexibility index (Phi) is 3.77. The molecule has 0 spiro atoms. The van der Waals surface area contributed by atoms with Crippen molar-refractivity contribution >= 4 is 11.7 Å². The summed E-state index contributed by atoms with van der Waals surface area (Å²) >= 11 is 0. The summed E-state index contributed by atoms with van der Waals surface area (Å²) in [6.07, 6.45) is 3.36. The summed E-state index contributed by atoms with van der Waals surface area (Å²) in [5.74, 6) is 5.26. The van der Waals surface area contributed by atoms with Gasteiger partial charge in [-0.2, -0.15) is 0 Å². The first kappa shape index (κ1) is 11.9. The fourth-order valence-corrected chi connectivity index (χ4v) is 1.31. The summed E-state index contributed by atoms with van der Waals surface area (Å²) in [6.45, 7) is 0.394. The molecule has 2 aromatic heterocycles. The van der Waals surface area contributed by atoms with Gasteiger partial charge in [-0.25, -0.2) is 5.84 Å². The molecule has 0 unspecified atom stereocenters. The van der Waals surface area contributed by atoms with E-state index in [9.17, 15) is 4.79 Å². The molecule has 1 amide bonds. The van der Waals surface area contributed by atoms with E-state index in [1.54, 1.807) is 24.5 Å². The van der Waals surface area contributed by atoms with E-state index in [4.69, 9.17) is 5.84 Å². The number of hydrazine groups is 1. The molecule has 4 N–H and O–H groups in total. The predicted octanol–water partition coefficient (Wildman–Crippen LogP) is 0.0872. The number of nitrogens with zero attached hydrogens (tertiary/aromatic N) is 3. The Morgan fingerprint density at radius 3 is 2.78 bits per heavy atom. The van der Waals surface area contributed by atoms with Gasteiger partial charge in [0.2, 0.25) is 0 Å². The molecule has 2 heterocycles. The number of hydrogen-bond donors (Lipinski definition) is 3. The van der Waals surface area contributed by atoms with Gasteiger partial charge in [-0.05, 0) is 23.8 Å². The SMILES string of the molecule is NNc1ccc(C(=O)NCc2cccnc2)nn1. The summed E-state index contributed by atoms with van der Waals surface area (Å²) in [4.78, 5) is 15.7. The van der Waals surface area contributed by atoms with Crippen LogP contribution >= 0.6 is 0 Å². The van der Waals surface area contributed by atoms with Crippen molar-refractivity contribution in [2.75, 3.05) is 5.43 Å². The minimum Gasteiger partial charge on any atom is -0.347 e. The van der Waals surface area contributed by atoms with Crippen molar-refractivity contribution in [3.05, 3.63) is 47.9 Å². The second-order valence-electron chi connectivity index (χ2n) is 3.49. The summed E-state index contributed by atoms with van der Waals surface area (Å²) in [7, 11) is 0. The number of hydrogen-bond acceptors (Lipinski definition) is 6. The van der Waals surface area contributed by atoms with Crippen LogP contribution in [0, 0.1) is 0 Å². The highest BCUT2D eigenvalue weighted by atomic mass is 16.1. The standard InChI is InChI=1S/C11H12N6O/c12-15-10-4-3-9(16-17-10)11(18)14-7-8-2-1-5-13-6-8/h1-6H,7,12H2,(H,14,18)(H,15,17). The molecule has 0 bridgehead atoms. The second kappa shape index (κ2) is 5.69. The van der Waals surface area contributed by atoms with Gasteiger partial charge in [-0.3, -0.25) is 9.78 Å². The Morgan fingerprint density at radius 2 is 2.17 bits per heavy atom. The number of anilines is 1. The Balaban J connectivity index is 1.95. The van der Waals surface area contributed by atoms with Gasteiger partial charge in [-0.15, -0.1) is 10.2 Å². The average molecular weight is 244 g/mol. The van der Waals surface area contributed by atoms with Crippen LogP contribution in [0.4, 0.5) is 5.82 Å². The average Bonchev–Trinajstić information content (AvgIpc) is 2.46. The summed E-state index contributed by atoms with van der Waals surface area (Å²) < 4.78 is 0. The quantitative estimate of drug-likeness (QED) is 0.520. The lowest BCUT2D eigenvalue weighted by atomic mass is 10.3. The smallest absolute Gasteiger partial charge is 0.272 e. The van der Waals surface area contributed by atoms with Gasteiger partial charge in [0, 0.05) is 18.9 Å². The van der Waals surface area contributed by atoms with Gasteiger partial charge in [0.1, 0.15) is 0 Å². The van der Waals surface area contributed by atoms with E-state index in [2.05, 4.69) is 25.9 Å². The van der Waals surface area contributed by atoms with Crippen molar-refractivity contribution in [2.45, 2.75) is 6.54 Å². The summed E-state index contributed by atoms with van der Waals surface area (Å²) in [6, 6.07) is 6.80. The van der Waals surface area contributed by atoms with Gasteiger partial charge in [0.05, 0.1) is 0 Å². The fraction of sp³-hybridized carbons (Fsp3) is 0.0909. The van der Waals surface area contributed by atoms with Crippen LogP contribution < -0.4 is 16.6 Å². The Labute approximate surface area is 103 Å². The monoisotopic (exact) mass is 244 g/mol. The van der Waals surface area contributed by atoms with Gasteiger partial charge in [0.25, 0.3) is 5.91 Å². The third kappa shape index (κ3) is 2.98. The molecule has 0 aliphatic heterocycles. The number of carbonyl (C=O) groups excluding carboxylic acids is 1. The first-order valence-electron chi connectivity index (χ1n) is 5.27. The zero-order valence-corrected chi connectivity index (χ0v) is 9.50. The number of amides is 1. The Hall–Kier alpha value is -2.54. The molecule has 0 aromatic carbocycles. The van der Waals surface area contributed by atoms with Gasteiger partial charge in [-0.1, -0.05) is 6.07 Å². The number of nitrogens with one attached hydrogen (secondary N) is 2. The number of carbonyl (C=O) groups is 1. The number of aromatic nitrogens is 3. The molecular formula is C11H12N6O. The van der Waals surface area contributed by atoms with Crippen LogP contribution in [0.15, 0.2) is 36.7 Å². The van der Waals surface area contributed by atoms with Crippen molar-refractivity contribution in [3.63, 3.8) is 0 Å². The zero-order valence-electron chi connectivity index (χ0n) is 9.50. The highest BCUT2D eigenvalue weighted by Crippen LogP contribution is 2.01. The lowest BCUT2D eigenvalue weighted by Gasteiger charge is -2.04. The number of nitrogens with two attached hydrogens (primary N) is 1. The molecule has 92 valence electrons. The molecule has 0 aliphatic carbocycles. The third-order valence-corrected chi connectivity index (χ3v) is 2.22. The van der Waals surface area contributed by atoms with E-state index in [1.165, 1.54) is 0 Å². The molecule has 0 saturated heterocycles. The van der Waals surface area contributed by atoms with Crippen molar-refractivity contribution in [1.82, 2.24) is 20.5 Å². The van der Waals surface area contributed by atoms with Gasteiger partial charge < -0.3 is 10.7 Å². The maximum atomic E-state index is 11.7. The van der Waals surface area contributed by atoms with Crippen LogP contribution in [0.2, 0.25) is 0 Å². The topological polar surface area (TPSA) is 106 Å².